The lowest BCUT2D eigenvalue weighted by atomic mass is 10.3. The molecular formula is C10H17ClN2O. The summed E-state index contributed by atoms with van der Waals surface area (Å²) < 4.78 is 6.91. The van der Waals surface area contributed by atoms with E-state index in [1.54, 1.807) is 7.11 Å². The zero-order chi connectivity index (χ0) is 10.4. The van der Waals surface area contributed by atoms with E-state index in [1.165, 1.54) is 0 Å². The Labute approximate surface area is 90.0 Å². The number of aryl methyl sites for hydroxylation is 1. The van der Waals surface area contributed by atoms with Gasteiger partial charge in [0.05, 0.1) is 11.6 Å². The standard InChI is InChI=1S/C10H17ClN2O/c1-9(11)10-7-12-13(8-10)5-3-4-6-14-2/h7-9H,3-6H2,1-2H3. The SMILES string of the molecule is COCCCCn1cc(C(C)Cl)cn1. The van der Waals surface area contributed by atoms with Crippen LogP contribution >= 0.6 is 11.6 Å². The summed E-state index contributed by atoms with van der Waals surface area (Å²) in [6.45, 7) is 3.71. The summed E-state index contributed by atoms with van der Waals surface area (Å²) in [6, 6.07) is 0. The number of methoxy groups -OCH3 is 1. The Kier molecular flexibility index (Phi) is 4.98. The normalized spacial score (nSPS) is 13.1. The molecule has 4 heteroatoms. The van der Waals surface area contributed by atoms with Gasteiger partial charge in [-0.05, 0) is 19.8 Å². The van der Waals surface area contributed by atoms with Gasteiger partial charge in [-0.2, -0.15) is 5.10 Å². The number of ether oxygens (including phenoxy) is 1. The predicted molar refractivity (Wildman–Crippen MR) is 57.6 cm³/mol. The third-order valence-electron chi connectivity index (χ3n) is 2.10. The summed E-state index contributed by atoms with van der Waals surface area (Å²) in [6.07, 6.45) is 5.99. The Hall–Kier alpha value is -0.540. The van der Waals surface area contributed by atoms with E-state index in [0.717, 1.165) is 31.6 Å². The Morgan fingerprint density at radius 3 is 2.93 bits per heavy atom. The van der Waals surface area contributed by atoms with Gasteiger partial charge in [0.25, 0.3) is 0 Å². The molecule has 1 aromatic heterocycles. The third kappa shape index (κ3) is 3.68. The summed E-state index contributed by atoms with van der Waals surface area (Å²) in [7, 11) is 1.72. The first-order valence-corrected chi connectivity index (χ1v) is 5.33. The molecule has 0 amide bonds. The molecule has 14 heavy (non-hydrogen) atoms. The molecule has 0 aliphatic carbocycles. The monoisotopic (exact) mass is 216 g/mol. The highest BCUT2D eigenvalue weighted by Gasteiger charge is 2.03. The van der Waals surface area contributed by atoms with Gasteiger partial charge in [0.15, 0.2) is 0 Å². The molecule has 0 radical (unpaired) electrons. The zero-order valence-electron chi connectivity index (χ0n) is 8.74. The van der Waals surface area contributed by atoms with E-state index in [1.807, 2.05) is 24.0 Å². The van der Waals surface area contributed by atoms with Gasteiger partial charge in [-0.25, -0.2) is 0 Å². The number of rotatable bonds is 6. The average molecular weight is 217 g/mol. The van der Waals surface area contributed by atoms with E-state index in [4.69, 9.17) is 16.3 Å². The second-order valence-electron chi connectivity index (χ2n) is 3.35. The number of nitrogens with zero attached hydrogens (tertiary/aromatic N) is 2. The number of hydrogen-bond acceptors (Lipinski definition) is 2. The maximum absolute atomic E-state index is 5.93. The molecule has 1 atom stereocenters. The molecule has 1 aromatic rings. The van der Waals surface area contributed by atoms with E-state index in [2.05, 4.69) is 5.10 Å². The Bertz CT molecular complexity index is 260. The highest BCUT2D eigenvalue weighted by Crippen LogP contribution is 2.17. The predicted octanol–water partition coefficient (Wildman–Crippen LogP) is 2.61. The van der Waals surface area contributed by atoms with Crippen molar-refractivity contribution < 1.29 is 4.74 Å². The molecular weight excluding hydrogens is 200 g/mol. The van der Waals surface area contributed by atoms with Crippen LogP contribution in [0.1, 0.15) is 30.7 Å². The van der Waals surface area contributed by atoms with Gasteiger partial charge in [-0.15, -0.1) is 11.6 Å². The van der Waals surface area contributed by atoms with Crippen LogP contribution in [0.3, 0.4) is 0 Å². The lowest BCUT2D eigenvalue weighted by Crippen LogP contribution is -1.99. The first kappa shape index (κ1) is 11.5. The van der Waals surface area contributed by atoms with Crippen molar-refractivity contribution in [2.45, 2.75) is 31.7 Å². The molecule has 0 fully saturated rings. The molecule has 0 aliphatic heterocycles. The Morgan fingerprint density at radius 2 is 2.36 bits per heavy atom. The first-order chi connectivity index (χ1) is 6.74. The summed E-state index contributed by atoms with van der Waals surface area (Å²) in [5, 5.41) is 4.27. The molecule has 3 nitrogen and oxygen atoms in total. The average Bonchev–Trinajstić information content (AvgIpc) is 2.61. The smallest absolute Gasteiger partial charge is 0.0588 e. The van der Waals surface area contributed by atoms with Gasteiger partial charge in [-0.3, -0.25) is 4.68 Å². The van der Waals surface area contributed by atoms with Crippen LogP contribution in [0.4, 0.5) is 0 Å². The summed E-state index contributed by atoms with van der Waals surface area (Å²) in [5.41, 5.74) is 1.08. The molecule has 1 heterocycles. The Balaban J connectivity index is 2.29. The van der Waals surface area contributed by atoms with Crippen LogP contribution in [-0.2, 0) is 11.3 Å². The molecule has 80 valence electrons. The summed E-state index contributed by atoms with van der Waals surface area (Å²) >= 11 is 5.93. The van der Waals surface area contributed by atoms with Crippen LogP contribution in [0.5, 0.6) is 0 Å². The zero-order valence-corrected chi connectivity index (χ0v) is 9.50. The highest BCUT2D eigenvalue weighted by atomic mass is 35.5. The van der Waals surface area contributed by atoms with E-state index >= 15 is 0 Å². The fourth-order valence-electron chi connectivity index (χ4n) is 1.23. The summed E-state index contributed by atoms with van der Waals surface area (Å²) in [4.78, 5) is 0. The van der Waals surface area contributed by atoms with E-state index in [0.29, 0.717) is 0 Å². The van der Waals surface area contributed by atoms with Gasteiger partial charge in [-0.1, -0.05) is 0 Å². The summed E-state index contributed by atoms with van der Waals surface area (Å²) in [5.74, 6) is 0. The van der Waals surface area contributed by atoms with Crippen molar-refractivity contribution in [2.75, 3.05) is 13.7 Å². The molecule has 1 rings (SSSR count). The fourth-order valence-corrected chi connectivity index (χ4v) is 1.34. The maximum Gasteiger partial charge on any atom is 0.0588 e. The lowest BCUT2D eigenvalue weighted by molar-refractivity contribution is 0.191. The molecule has 0 aromatic carbocycles. The van der Waals surface area contributed by atoms with Gasteiger partial charge in [0, 0.05) is 32.0 Å². The minimum atomic E-state index is 0.0442. The number of hydrogen-bond donors (Lipinski definition) is 0. The van der Waals surface area contributed by atoms with E-state index in [-0.39, 0.29) is 5.38 Å². The van der Waals surface area contributed by atoms with E-state index in [9.17, 15) is 0 Å². The first-order valence-electron chi connectivity index (χ1n) is 4.89. The van der Waals surface area contributed by atoms with Crippen molar-refractivity contribution in [3.8, 4) is 0 Å². The van der Waals surface area contributed by atoms with E-state index < -0.39 is 0 Å². The molecule has 0 spiro atoms. The van der Waals surface area contributed by atoms with Gasteiger partial charge in [0.2, 0.25) is 0 Å². The third-order valence-corrected chi connectivity index (χ3v) is 2.35. The van der Waals surface area contributed by atoms with Crippen LogP contribution in [0.2, 0.25) is 0 Å². The fraction of sp³-hybridized carbons (Fsp3) is 0.700. The molecule has 0 bridgehead atoms. The largest absolute Gasteiger partial charge is 0.385 e. The second kappa shape index (κ2) is 6.04. The molecule has 0 N–H and O–H groups in total. The minimum absolute atomic E-state index is 0.0442. The van der Waals surface area contributed by atoms with Crippen molar-refractivity contribution in [2.24, 2.45) is 0 Å². The van der Waals surface area contributed by atoms with Crippen LogP contribution in [0.25, 0.3) is 0 Å². The van der Waals surface area contributed by atoms with Crippen molar-refractivity contribution in [3.63, 3.8) is 0 Å². The number of halogens is 1. The van der Waals surface area contributed by atoms with Gasteiger partial charge >= 0.3 is 0 Å². The molecule has 0 saturated heterocycles. The van der Waals surface area contributed by atoms with Crippen LogP contribution < -0.4 is 0 Å². The lowest BCUT2D eigenvalue weighted by Gasteiger charge is -2.00. The minimum Gasteiger partial charge on any atom is -0.385 e. The van der Waals surface area contributed by atoms with Crippen molar-refractivity contribution >= 4 is 11.6 Å². The highest BCUT2D eigenvalue weighted by molar-refractivity contribution is 6.20. The number of unbranched alkanes of at least 4 members (excludes halogenated alkanes) is 1. The van der Waals surface area contributed by atoms with Crippen LogP contribution in [0.15, 0.2) is 12.4 Å². The number of aromatic nitrogens is 2. The molecule has 0 aliphatic rings. The Morgan fingerprint density at radius 1 is 1.57 bits per heavy atom. The maximum atomic E-state index is 5.93. The molecule has 1 unspecified atom stereocenters. The van der Waals surface area contributed by atoms with Crippen molar-refractivity contribution in [1.82, 2.24) is 9.78 Å². The van der Waals surface area contributed by atoms with Crippen molar-refractivity contribution in [3.05, 3.63) is 18.0 Å². The number of alkyl halides is 1. The topological polar surface area (TPSA) is 27.1 Å². The van der Waals surface area contributed by atoms with Gasteiger partial charge in [0.1, 0.15) is 0 Å². The van der Waals surface area contributed by atoms with Crippen LogP contribution in [0, 0.1) is 0 Å². The van der Waals surface area contributed by atoms with Crippen molar-refractivity contribution in [1.29, 1.82) is 0 Å². The van der Waals surface area contributed by atoms with Crippen LogP contribution in [-0.4, -0.2) is 23.5 Å². The quantitative estimate of drug-likeness (QED) is 0.540. The molecule has 0 saturated carbocycles. The second-order valence-corrected chi connectivity index (χ2v) is 4.01. The van der Waals surface area contributed by atoms with Gasteiger partial charge < -0.3 is 4.74 Å².